The summed E-state index contributed by atoms with van der Waals surface area (Å²) in [5.74, 6) is -0.136. The standard InChI is InChI=1S/C11H13ClN4O3/c12-10-3-8(9(6-14-10)16(18)19)11(17)15-5-7-1-2-13-4-7/h3,6-7,13H,1-2,4-5H2,(H,15,17). The highest BCUT2D eigenvalue weighted by molar-refractivity contribution is 6.29. The molecule has 1 atom stereocenters. The van der Waals surface area contributed by atoms with E-state index in [1.165, 1.54) is 6.07 Å². The maximum absolute atomic E-state index is 12.0. The second kappa shape index (κ2) is 5.94. The van der Waals surface area contributed by atoms with Crippen LogP contribution in [0.4, 0.5) is 5.69 Å². The van der Waals surface area contributed by atoms with Crippen molar-refractivity contribution in [3.63, 3.8) is 0 Å². The fraction of sp³-hybridized carbons (Fsp3) is 0.455. The van der Waals surface area contributed by atoms with E-state index in [4.69, 9.17) is 11.6 Å². The van der Waals surface area contributed by atoms with Crippen LogP contribution < -0.4 is 10.6 Å². The molecule has 8 heteroatoms. The maximum atomic E-state index is 12.0. The van der Waals surface area contributed by atoms with Gasteiger partial charge in [-0.25, -0.2) is 4.98 Å². The van der Waals surface area contributed by atoms with E-state index in [1.807, 2.05) is 0 Å². The number of hydrogen-bond acceptors (Lipinski definition) is 5. The second-order valence-electron chi connectivity index (χ2n) is 4.35. The molecule has 0 aliphatic carbocycles. The number of amides is 1. The molecule has 2 rings (SSSR count). The van der Waals surface area contributed by atoms with Crippen LogP contribution >= 0.6 is 11.6 Å². The molecule has 1 fully saturated rings. The van der Waals surface area contributed by atoms with Crippen molar-refractivity contribution in [2.75, 3.05) is 19.6 Å². The normalized spacial score (nSPS) is 18.3. The first-order valence-electron chi connectivity index (χ1n) is 5.87. The average molecular weight is 285 g/mol. The predicted octanol–water partition coefficient (Wildman–Crippen LogP) is 0.982. The highest BCUT2D eigenvalue weighted by Crippen LogP contribution is 2.20. The SMILES string of the molecule is O=C(NCC1CCNC1)c1cc(Cl)ncc1[N+](=O)[O-]. The highest BCUT2D eigenvalue weighted by atomic mass is 35.5. The molecule has 1 aromatic rings. The van der Waals surface area contributed by atoms with Gasteiger partial charge in [0.05, 0.1) is 4.92 Å². The Labute approximate surface area is 114 Å². The van der Waals surface area contributed by atoms with E-state index < -0.39 is 10.8 Å². The Balaban J connectivity index is 2.08. The molecule has 102 valence electrons. The average Bonchev–Trinajstić information content (AvgIpc) is 2.88. The zero-order valence-electron chi connectivity index (χ0n) is 10.1. The number of nitrogens with zero attached hydrogens (tertiary/aromatic N) is 2. The van der Waals surface area contributed by atoms with Crippen molar-refractivity contribution in [1.82, 2.24) is 15.6 Å². The molecule has 0 bridgehead atoms. The van der Waals surface area contributed by atoms with Crippen molar-refractivity contribution in [2.45, 2.75) is 6.42 Å². The topological polar surface area (TPSA) is 97.2 Å². The van der Waals surface area contributed by atoms with Crippen molar-refractivity contribution in [2.24, 2.45) is 5.92 Å². The number of pyridine rings is 1. The van der Waals surface area contributed by atoms with E-state index in [1.54, 1.807) is 0 Å². The third-order valence-electron chi connectivity index (χ3n) is 3.00. The summed E-state index contributed by atoms with van der Waals surface area (Å²) in [5, 5.41) is 16.8. The van der Waals surface area contributed by atoms with E-state index in [2.05, 4.69) is 15.6 Å². The number of halogens is 1. The largest absolute Gasteiger partial charge is 0.351 e. The number of hydrogen-bond donors (Lipinski definition) is 2. The van der Waals surface area contributed by atoms with Crippen molar-refractivity contribution in [1.29, 1.82) is 0 Å². The fourth-order valence-corrected chi connectivity index (χ4v) is 2.13. The van der Waals surface area contributed by atoms with Gasteiger partial charge >= 0.3 is 0 Å². The van der Waals surface area contributed by atoms with Crippen molar-refractivity contribution in [3.05, 3.63) is 33.1 Å². The molecule has 1 aliphatic rings. The molecule has 1 amide bonds. The monoisotopic (exact) mass is 284 g/mol. The van der Waals surface area contributed by atoms with Crippen LogP contribution in [-0.2, 0) is 0 Å². The Morgan fingerprint density at radius 1 is 1.68 bits per heavy atom. The Hall–Kier alpha value is -1.73. The van der Waals surface area contributed by atoms with Crippen LogP contribution in [-0.4, -0.2) is 35.4 Å². The molecule has 2 heterocycles. The van der Waals surface area contributed by atoms with Crippen LogP contribution in [0.15, 0.2) is 12.3 Å². The number of rotatable bonds is 4. The molecule has 0 saturated carbocycles. The first kappa shape index (κ1) is 13.7. The molecule has 2 N–H and O–H groups in total. The predicted molar refractivity (Wildman–Crippen MR) is 69.2 cm³/mol. The van der Waals surface area contributed by atoms with Gasteiger partial charge in [-0.1, -0.05) is 11.6 Å². The van der Waals surface area contributed by atoms with Crippen molar-refractivity contribution < 1.29 is 9.72 Å². The Morgan fingerprint density at radius 2 is 2.47 bits per heavy atom. The lowest BCUT2D eigenvalue weighted by Crippen LogP contribution is -2.30. The molecule has 19 heavy (non-hydrogen) atoms. The maximum Gasteiger partial charge on any atom is 0.300 e. The van der Waals surface area contributed by atoms with Crippen LogP contribution in [0.2, 0.25) is 5.15 Å². The summed E-state index contributed by atoms with van der Waals surface area (Å²) < 4.78 is 0. The van der Waals surface area contributed by atoms with Gasteiger partial charge in [0.1, 0.15) is 16.9 Å². The number of nitro groups is 1. The minimum Gasteiger partial charge on any atom is -0.351 e. The van der Waals surface area contributed by atoms with Crippen LogP contribution in [0, 0.1) is 16.0 Å². The molecule has 1 saturated heterocycles. The van der Waals surface area contributed by atoms with Gasteiger partial charge < -0.3 is 10.6 Å². The summed E-state index contributed by atoms with van der Waals surface area (Å²) in [5.41, 5.74) is -0.401. The van der Waals surface area contributed by atoms with E-state index in [0.29, 0.717) is 12.5 Å². The highest BCUT2D eigenvalue weighted by Gasteiger charge is 2.22. The van der Waals surface area contributed by atoms with E-state index >= 15 is 0 Å². The molecule has 7 nitrogen and oxygen atoms in total. The molecule has 0 spiro atoms. The molecule has 1 unspecified atom stereocenters. The zero-order chi connectivity index (χ0) is 13.8. The van der Waals surface area contributed by atoms with Gasteiger partial charge in [-0.05, 0) is 31.5 Å². The van der Waals surface area contributed by atoms with Gasteiger partial charge in [0.2, 0.25) is 0 Å². The van der Waals surface area contributed by atoms with Crippen LogP contribution in [0.1, 0.15) is 16.8 Å². The van der Waals surface area contributed by atoms with Gasteiger partial charge in [-0.15, -0.1) is 0 Å². The summed E-state index contributed by atoms with van der Waals surface area (Å²) in [7, 11) is 0. The number of aromatic nitrogens is 1. The van der Waals surface area contributed by atoms with Gasteiger partial charge in [-0.3, -0.25) is 14.9 Å². The third-order valence-corrected chi connectivity index (χ3v) is 3.21. The summed E-state index contributed by atoms with van der Waals surface area (Å²) >= 11 is 5.67. The van der Waals surface area contributed by atoms with Gasteiger partial charge in [-0.2, -0.15) is 0 Å². The van der Waals surface area contributed by atoms with Gasteiger partial charge in [0, 0.05) is 6.54 Å². The molecule has 0 radical (unpaired) electrons. The minimum absolute atomic E-state index is 0.0540. The second-order valence-corrected chi connectivity index (χ2v) is 4.74. The molecule has 1 aliphatic heterocycles. The fourth-order valence-electron chi connectivity index (χ4n) is 1.97. The smallest absolute Gasteiger partial charge is 0.300 e. The molecule has 0 aromatic carbocycles. The Morgan fingerprint density at radius 3 is 3.11 bits per heavy atom. The quantitative estimate of drug-likeness (QED) is 0.488. The minimum atomic E-state index is -0.643. The number of carbonyl (C=O) groups is 1. The number of carbonyl (C=O) groups excluding carboxylic acids is 1. The Bertz CT molecular complexity index is 503. The zero-order valence-corrected chi connectivity index (χ0v) is 10.8. The third kappa shape index (κ3) is 3.39. The lowest BCUT2D eigenvalue weighted by molar-refractivity contribution is -0.385. The van der Waals surface area contributed by atoms with E-state index in [-0.39, 0.29) is 16.4 Å². The van der Waals surface area contributed by atoms with Gasteiger partial charge in [0.15, 0.2) is 0 Å². The van der Waals surface area contributed by atoms with Crippen LogP contribution in [0.25, 0.3) is 0 Å². The summed E-state index contributed by atoms with van der Waals surface area (Å²) in [6.07, 6.45) is 1.98. The lowest BCUT2D eigenvalue weighted by Gasteiger charge is -2.10. The number of nitrogens with one attached hydrogen (secondary N) is 2. The molecule has 1 aromatic heterocycles. The van der Waals surface area contributed by atoms with Crippen LogP contribution in [0.5, 0.6) is 0 Å². The van der Waals surface area contributed by atoms with Crippen molar-refractivity contribution >= 4 is 23.2 Å². The Kier molecular flexibility index (Phi) is 4.28. The van der Waals surface area contributed by atoms with Crippen LogP contribution in [0.3, 0.4) is 0 Å². The van der Waals surface area contributed by atoms with Crippen molar-refractivity contribution in [3.8, 4) is 0 Å². The molecular formula is C11H13ClN4O3. The van der Waals surface area contributed by atoms with E-state index in [9.17, 15) is 14.9 Å². The first-order chi connectivity index (χ1) is 9.08. The lowest BCUT2D eigenvalue weighted by atomic mass is 10.1. The van der Waals surface area contributed by atoms with Gasteiger partial charge in [0.25, 0.3) is 11.6 Å². The summed E-state index contributed by atoms with van der Waals surface area (Å²) in [4.78, 5) is 25.8. The molecular weight excluding hydrogens is 272 g/mol. The summed E-state index contributed by atoms with van der Waals surface area (Å²) in [6.45, 7) is 2.27. The van der Waals surface area contributed by atoms with E-state index in [0.717, 1.165) is 25.7 Å². The first-order valence-corrected chi connectivity index (χ1v) is 6.24. The summed E-state index contributed by atoms with van der Waals surface area (Å²) in [6, 6.07) is 1.21.